The van der Waals surface area contributed by atoms with Crippen LogP contribution < -0.4 is 4.74 Å². The predicted octanol–water partition coefficient (Wildman–Crippen LogP) is 4.68. The smallest absolute Gasteiger partial charge is 0.127 e. The van der Waals surface area contributed by atoms with Crippen molar-refractivity contribution in [1.82, 2.24) is 0 Å². The van der Waals surface area contributed by atoms with Gasteiger partial charge in [-0.05, 0) is 37.3 Å². The number of para-hydroxylation sites is 1. The average molecular weight is 238 g/mol. The molecule has 18 heavy (non-hydrogen) atoms. The van der Waals surface area contributed by atoms with Crippen molar-refractivity contribution >= 4 is 0 Å². The summed E-state index contributed by atoms with van der Waals surface area (Å²) in [6.07, 6.45) is 5.41. The van der Waals surface area contributed by atoms with Gasteiger partial charge in [-0.25, -0.2) is 0 Å². The Hall–Kier alpha value is -1.76. The lowest BCUT2D eigenvalue weighted by atomic mass is 10.0. The lowest BCUT2D eigenvalue weighted by Crippen LogP contribution is -2.11. The Bertz CT molecular complexity index is 498. The first-order valence-electron chi connectivity index (χ1n) is 6.74. The van der Waals surface area contributed by atoms with Crippen LogP contribution in [-0.4, -0.2) is 6.10 Å². The van der Waals surface area contributed by atoms with E-state index in [0.717, 1.165) is 5.75 Å². The number of hydrogen-bond donors (Lipinski definition) is 0. The van der Waals surface area contributed by atoms with E-state index in [0.29, 0.717) is 6.10 Å². The van der Waals surface area contributed by atoms with Crippen LogP contribution in [0.3, 0.4) is 0 Å². The molecule has 1 heteroatoms. The lowest BCUT2D eigenvalue weighted by Gasteiger charge is -2.16. The van der Waals surface area contributed by atoms with Crippen LogP contribution in [0.4, 0.5) is 0 Å². The molecule has 0 amide bonds. The van der Waals surface area contributed by atoms with Crippen LogP contribution in [-0.2, 0) is 0 Å². The summed E-state index contributed by atoms with van der Waals surface area (Å²) in [5.74, 6) is 1.02. The van der Waals surface area contributed by atoms with Gasteiger partial charge in [0.2, 0.25) is 0 Å². The molecule has 3 rings (SSSR count). The van der Waals surface area contributed by atoms with Crippen LogP contribution in [0.2, 0.25) is 0 Å². The fraction of sp³-hybridized carbons (Fsp3) is 0.294. The van der Waals surface area contributed by atoms with Gasteiger partial charge in [0, 0.05) is 5.56 Å². The number of benzene rings is 2. The fourth-order valence-electron chi connectivity index (χ4n) is 2.61. The Kier molecular flexibility index (Phi) is 3.31. The quantitative estimate of drug-likeness (QED) is 0.754. The summed E-state index contributed by atoms with van der Waals surface area (Å²) in [5.41, 5.74) is 2.43. The first-order chi connectivity index (χ1) is 8.93. The number of hydrogen-bond acceptors (Lipinski definition) is 1. The van der Waals surface area contributed by atoms with Gasteiger partial charge in [0.15, 0.2) is 0 Å². The summed E-state index contributed by atoms with van der Waals surface area (Å²) >= 11 is 0. The Balaban J connectivity index is 1.90. The molecule has 0 aliphatic heterocycles. The molecule has 0 radical (unpaired) electrons. The van der Waals surface area contributed by atoms with Crippen LogP contribution in [0.15, 0.2) is 54.6 Å². The summed E-state index contributed by atoms with van der Waals surface area (Å²) in [6.45, 7) is 0. The molecule has 0 atom stereocenters. The topological polar surface area (TPSA) is 9.23 Å². The van der Waals surface area contributed by atoms with Crippen molar-refractivity contribution in [2.45, 2.75) is 31.8 Å². The second kappa shape index (κ2) is 5.26. The highest BCUT2D eigenvalue weighted by atomic mass is 16.5. The SMILES string of the molecule is c1ccc(-c2ccccc2OC2CCCC2)cc1. The second-order valence-electron chi connectivity index (χ2n) is 4.89. The van der Waals surface area contributed by atoms with Crippen LogP contribution in [0.25, 0.3) is 11.1 Å². The molecular weight excluding hydrogens is 220 g/mol. The van der Waals surface area contributed by atoms with Gasteiger partial charge in [0.25, 0.3) is 0 Å². The van der Waals surface area contributed by atoms with Gasteiger partial charge in [0.1, 0.15) is 5.75 Å². The summed E-state index contributed by atoms with van der Waals surface area (Å²) in [5, 5.41) is 0. The molecule has 0 N–H and O–H groups in total. The van der Waals surface area contributed by atoms with Crippen molar-refractivity contribution in [3.63, 3.8) is 0 Å². The first-order valence-corrected chi connectivity index (χ1v) is 6.74. The maximum absolute atomic E-state index is 6.16. The van der Waals surface area contributed by atoms with Crippen LogP contribution in [0.5, 0.6) is 5.75 Å². The van der Waals surface area contributed by atoms with E-state index in [1.807, 2.05) is 6.07 Å². The van der Waals surface area contributed by atoms with E-state index >= 15 is 0 Å². The van der Waals surface area contributed by atoms with Crippen molar-refractivity contribution in [3.8, 4) is 16.9 Å². The first kappa shape index (κ1) is 11.3. The Morgan fingerprint density at radius 2 is 1.44 bits per heavy atom. The third-order valence-electron chi connectivity index (χ3n) is 3.57. The number of rotatable bonds is 3. The van der Waals surface area contributed by atoms with E-state index in [4.69, 9.17) is 4.74 Å². The molecule has 1 aliphatic rings. The normalized spacial score (nSPS) is 15.8. The minimum Gasteiger partial charge on any atom is -0.490 e. The minimum absolute atomic E-state index is 0.412. The maximum atomic E-state index is 6.16. The van der Waals surface area contributed by atoms with Gasteiger partial charge >= 0.3 is 0 Å². The number of ether oxygens (including phenoxy) is 1. The minimum atomic E-state index is 0.412. The second-order valence-corrected chi connectivity index (χ2v) is 4.89. The predicted molar refractivity (Wildman–Crippen MR) is 74.8 cm³/mol. The van der Waals surface area contributed by atoms with E-state index < -0.39 is 0 Å². The maximum Gasteiger partial charge on any atom is 0.127 e. The van der Waals surface area contributed by atoms with E-state index in [1.165, 1.54) is 36.8 Å². The molecule has 2 aromatic carbocycles. The van der Waals surface area contributed by atoms with E-state index in [1.54, 1.807) is 0 Å². The van der Waals surface area contributed by atoms with Crippen LogP contribution in [0, 0.1) is 0 Å². The van der Waals surface area contributed by atoms with E-state index in [9.17, 15) is 0 Å². The standard InChI is InChI=1S/C17H18O/c1-2-8-14(9-3-1)16-12-6-7-13-17(16)18-15-10-4-5-11-15/h1-3,6-9,12-13,15H,4-5,10-11H2. The summed E-state index contributed by atoms with van der Waals surface area (Å²) in [4.78, 5) is 0. The van der Waals surface area contributed by atoms with Gasteiger partial charge in [-0.2, -0.15) is 0 Å². The van der Waals surface area contributed by atoms with Crippen LogP contribution >= 0.6 is 0 Å². The average Bonchev–Trinajstić information content (AvgIpc) is 2.93. The zero-order valence-electron chi connectivity index (χ0n) is 10.5. The molecule has 1 saturated carbocycles. The van der Waals surface area contributed by atoms with Gasteiger partial charge in [-0.3, -0.25) is 0 Å². The van der Waals surface area contributed by atoms with Gasteiger partial charge in [0.05, 0.1) is 6.10 Å². The van der Waals surface area contributed by atoms with Crippen molar-refractivity contribution < 1.29 is 4.74 Å². The van der Waals surface area contributed by atoms with Crippen molar-refractivity contribution in [2.75, 3.05) is 0 Å². The Morgan fingerprint density at radius 3 is 2.22 bits per heavy atom. The molecule has 1 fully saturated rings. The molecule has 0 saturated heterocycles. The Labute approximate surface area is 108 Å². The third-order valence-corrected chi connectivity index (χ3v) is 3.57. The molecule has 92 valence electrons. The zero-order chi connectivity index (χ0) is 12.2. The molecular formula is C17H18O. The molecule has 0 spiro atoms. The highest BCUT2D eigenvalue weighted by Crippen LogP contribution is 2.32. The molecule has 1 aliphatic carbocycles. The molecule has 0 heterocycles. The van der Waals surface area contributed by atoms with Crippen molar-refractivity contribution in [3.05, 3.63) is 54.6 Å². The van der Waals surface area contributed by atoms with Crippen molar-refractivity contribution in [2.24, 2.45) is 0 Å². The van der Waals surface area contributed by atoms with Gasteiger partial charge in [-0.1, -0.05) is 48.5 Å². The van der Waals surface area contributed by atoms with E-state index in [-0.39, 0.29) is 0 Å². The largest absolute Gasteiger partial charge is 0.490 e. The summed E-state index contributed by atoms with van der Waals surface area (Å²) in [7, 11) is 0. The summed E-state index contributed by atoms with van der Waals surface area (Å²) < 4.78 is 6.16. The fourth-order valence-corrected chi connectivity index (χ4v) is 2.61. The third kappa shape index (κ3) is 2.40. The molecule has 0 aromatic heterocycles. The monoisotopic (exact) mass is 238 g/mol. The molecule has 1 nitrogen and oxygen atoms in total. The molecule has 0 unspecified atom stereocenters. The summed E-state index contributed by atoms with van der Waals surface area (Å²) in [6, 6.07) is 18.8. The highest BCUT2D eigenvalue weighted by molar-refractivity contribution is 5.70. The molecule has 0 bridgehead atoms. The van der Waals surface area contributed by atoms with Gasteiger partial charge < -0.3 is 4.74 Å². The Morgan fingerprint density at radius 1 is 0.778 bits per heavy atom. The van der Waals surface area contributed by atoms with Gasteiger partial charge in [-0.15, -0.1) is 0 Å². The van der Waals surface area contributed by atoms with Crippen molar-refractivity contribution in [1.29, 1.82) is 0 Å². The highest BCUT2D eigenvalue weighted by Gasteiger charge is 2.17. The van der Waals surface area contributed by atoms with E-state index in [2.05, 4.69) is 48.5 Å². The zero-order valence-corrected chi connectivity index (χ0v) is 10.5. The molecule has 2 aromatic rings. The van der Waals surface area contributed by atoms with Crippen LogP contribution in [0.1, 0.15) is 25.7 Å². The lowest BCUT2D eigenvalue weighted by molar-refractivity contribution is 0.211.